The molecule has 1 aliphatic carbocycles. The lowest BCUT2D eigenvalue weighted by Gasteiger charge is -2.31. The smallest absolute Gasteiger partial charge is 0.216 e. The summed E-state index contributed by atoms with van der Waals surface area (Å²) in [6.45, 7) is 7.87. The number of carbonyl (C=O) groups is 1. The molecule has 0 unspecified atom stereocenters. The molecule has 0 heterocycles. The molecule has 16 heavy (non-hydrogen) atoms. The molecule has 0 aromatic carbocycles. The van der Waals surface area contributed by atoms with Crippen LogP contribution < -0.4 is 10.6 Å². The van der Waals surface area contributed by atoms with Crippen LogP contribution in [0.4, 0.5) is 0 Å². The second-order valence-electron chi connectivity index (χ2n) is 5.29. The first-order valence-corrected chi connectivity index (χ1v) is 6.57. The Morgan fingerprint density at radius 3 is 2.31 bits per heavy atom. The van der Waals surface area contributed by atoms with E-state index < -0.39 is 0 Å². The highest BCUT2D eigenvalue weighted by Crippen LogP contribution is 2.29. The molecule has 3 heteroatoms. The minimum Gasteiger partial charge on any atom is -0.355 e. The number of nitrogens with one attached hydrogen (secondary N) is 2. The van der Waals surface area contributed by atoms with Crippen molar-refractivity contribution >= 4 is 5.91 Å². The van der Waals surface area contributed by atoms with Gasteiger partial charge in [-0.05, 0) is 37.5 Å². The van der Waals surface area contributed by atoms with Crippen molar-refractivity contribution in [2.24, 2.45) is 11.8 Å². The summed E-state index contributed by atoms with van der Waals surface area (Å²) in [5.41, 5.74) is 0. The Morgan fingerprint density at radius 1 is 1.19 bits per heavy atom. The lowest BCUT2D eigenvalue weighted by molar-refractivity contribution is -0.118. The van der Waals surface area contributed by atoms with Gasteiger partial charge in [0.05, 0.1) is 0 Å². The molecule has 3 nitrogen and oxygen atoms in total. The van der Waals surface area contributed by atoms with E-state index in [2.05, 4.69) is 24.5 Å². The molecule has 1 saturated carbocycles. The van der Waals surface area contributed by atoms with Gasteiger partial charge in [-0.2, -0.15) is 0 Å². The normalized spacial score (nSPS) is 25.8. The minimum absolute atomic E-state index is 0.0605. The third-order valence-electron chi connectivity index (χ3n) is 3.65. The van der Waals surface area contributed by atoms with Crippen molar-refractivity contribution in [2.45, 2.75) is 52.5 Å². The molecule has 0 atom stereocenters. The van der Waals surface area contributed by atoms with E-state index >= 15 is 0 Å². The van der Waals surface area contributed by atoms with Gasteiger partial charge < -0.3 is 10.6 Å². The van der Waals surface area contributed by atoms with E-state index in [4.69, 9.17) is 0 Å². The molecule has 0 aliphatic heterocycles. The molecule has 2 N–H and O–H groups in total. The van der Waals surface area contributed by atoms with Crippen molar-refractivity contribution in [3.05, 3.63) is 0 Å². The maximum Gasteiger partial charge on any atom is 0.216 e. The molecule has 1 aliphatic rings. The molecule has 1 rings (SSSR count). The third-order valence-corrected chi connectivity index (χ3v) is 3.65. The van der Waals surface area contributed by atoms with E-state index in [9.17, 15) is 4.79 Å². The predicted octanol–water partition coefficient (Wildman–Crippen LogP) is 1.93. The molecule has 1 amide bonds. The van der Waals surface area contributed by atoms with Crippen molar-refractivity contribution < 1.29 is 4.79 Å². The van der Waals surface area contributed by atoms with Crippen LogP contribution in [0.25, 0.3) is 0 Å². The van der Waals surface area contributed by atoms with Crippen LogP contribution in [0.3, 0.4) is 0 Å². The lowest BCUT2D eigenvalue weighted by atomic mass is 9.80. The third kappa shape index (κ3) is 4.97. The van der Waals surface area contributed by atoms with Gasteiger partial charge in [0.2, 0.25) is 5.91 Å². The highest BCUT2D eigenvalue weighted by atomic mass is 16.1. The van der Waals surface area contributed by atoms with Gasteiger partial charge in [0, 0.05) is 26.1 Å². The fraction of sp³-hybridized carbons (Fsp3) is 0.923. The van der Waals surface area contributed by atoms with Crippen LogP contribution in [-0.2, 0) is 4.79 Å². The summed E-state index contributed by atoms with van der Waals surface area (Å²) in [4.78, 5) is 10.7. The lowest BCUT2D eigenvalue weighted by Crippen LogP contribution is -2.38. The Kier molecular flexibility index (Phi) is 5.81. The van der Waals surface area contributed by atoms with Gasteiger partial charge in [-0.25, -0.2) is 0 Å². The standard InChI is InChI=1S/C13H26N2O/c1-10(2)12-4-6-13(7-5-12)15-9-8-14-11(3)16/h10,12-13,15H,4-9H2,1-3H3,(H,14,16). The van der Waals surface area contributed by atoms with Crippen LogP contribution in [-0.4, -0.2) is 25.0 Å². The monoisotopic (exact) mass is 226 g/mol. The van der Waals surface area contributed by atoms with E-state index in [0.717, 1.165) is 24.9 Å². The van der Waals surface area contributed by atoms with Crippen molar-refractivity contribution in [1.82, 2.24) is 10.6 Å². The minimum atomic E-state index is 0.0605. The quantitative estimate of drug-likeness (QED) is 0.703. The van der Waals surface area contributed by atoms with Gasteiger partial charge in [0.1, 0.15) is 0 Å². The topological polar surface area (TPSA) is 41.1 Å². The second-order valence-corrected chi connectivity index (χ2v) is 5.29. The van der Waals surface area contributed by atoms with Gasteiger partial charge in [-0.3, -0.25) is 4.79 Å². The average Bonchev–Trinajstić information content (AvgIpc) is 2.25. The van der Waals surface area contributed by atoms with Crippen LogP contribution in [0, 0.1) is 11.8 Å². The Bertz CT molecular complexity index is 208. The fourth-order valence-corrected chi connectivity index (χ4v) is 2.50. The summed E-state index contributed by atoms with van der Waals surface area (Å²) < 4.78 is 0. The average molecular weight is 226 g/mol. The zero-order chi connectivity index (χ0) is 12.0. The number of hydrogen-bond acceptors (Lipinski definition) is 2. The molecule has 0 bridgehead atoms. The number of rotatable bonds is 5. The van der Waals surface area contributed by atoms with Crippen LogP contribution in [0.15, 0.2) is 0 Å². The maximum atomic E-state index is 10.7. The van der Waals surface area contributed by atoms with Crippen molar-refractivity contribution in [1.29, 1.82) is 0 Å². The molecular weight excluding hydrogens is 200 g/mol. The zero-order valence-electron chi connectivity index (χ0n) is 10.9. The summed E-state index contributed by atoms with van der Waals surface area (Å²) in [6, 6.07) is 0.670. The van der Waals surface area contributed by atoms with E-state index in [1.807, 2.05) is 0 Å². The largest absolute Gasteiger partial charge is 0.355 e. The van der Waals surface area contributed by atoms with E-state index in [-0.39, 0.29) is 5.91 Å². The molecule has 0 aromatic heterocycles. The Balaban J connectivity index is 2.06. The highest BCUT2D eigenvalue weighted by Gasteiger charge is 2.22. The second kappa shape index (κ2) is 6.89. The van der Waals surface area contributed by atoms with Crippen LogP contribution in [0.5, 0.6) is 0 Å². The van der Waals surface area contributed by atoms with Gasteiger partial charge in [0.25, 0.3) is 0 Å². The van der Waals surface area contributed by atoms with Gasteiger partial charge in [0.15, 0.2) is 0 Å². The fourth-order valence-electron chi connectivity index (χ4n) is 2.50. The van der Waals surface area contributed by atoms with Crippen molar-refractivity contribution in [3.8, 4) is 0 Å². The number of amides is 1. The van der Waals surface area contributed by atoms with Crippen LogP contribution in [0.1, 0.15) is 46.5 Å². The highest BCUT2D eigenvalue weighted by molar-refractivity contribution is 5.72. The summed E-state index contributed by atoms with van der Waals surface area (Å²) in [5.74, 6) is 1.82. The maximum absolute atomic E-state index is 10.7. The van der Waals surface area contributed by atoms with E-state index in [1.54, 1.807) is 6.92 Å². The first kappa shape index (κ1) is 13.5. The van der Waals surface area contributed by atoms with Crippen LogP contribution in [0.2, 0.25) is 0 Å². The van der Waals surface area contributed by atoms with Crippen LogP contribution >= 0.6 is 0 Å². The van der Waals surface area contributed by atoms with Crippen molar-refractivity contribution in [2.75, 3.05) is 13.1 Å². The van der Waals surface area contributed by atoms with Gasteiger partial charge in [-0.1, -0.05) is 13.8 Å². The summed E-state index contributed by atoms with van der Waals surface area (Å²) >= 11 is 0. The Labute approximate surface area is 99.4 Å². The first-order valence-electron chi connectivity index (χ1n) is 6.57. The molecule has 0 saturated heterocycles. The Morgan fingerprint density at radius 2 is 1.81 bits per heavy atom. The summed E-state index contributed by atoms with van der Waals surface area (Å²) in [5, 5.41) is 6.33. The first-order chi connectivity index (χ1) is 7.59. The predicted molar refractivity (Wildman–Crippen MR) is 67.3 cm³/mol. The SMILES string of the molecule is CC(=O)NCCNC1CCC(C(C)C)CC1. The molecule has 94 valence electrons. The molecule has 0 aromatic rings. The van der Waals surface area contributed by atoms with Gasteiger partial charge >= 0.3 is 0 Å². The van der Waals surface area contributed by atoms with E-state index in [0.29, 0.717) is 6.04 Å². The number of hydrogen-bond donors (Lipinski definition) is 2. The number of carbonyl (C=O) groups excluding carboxylic acids is 1. The van der Waals surface area contributed by atoms with E-state index in [1.165, 1.54) is 25.7 Å². The Hall–Kier alpha value is -0.570. The zero-order valence-corrected chi connectivity index (χ0v) is 10.9. The summed E-state index contributed by atoms with van der Waals surface area (Å²) in [7, 11) is 0. The van der Waals surface area contributed by atoms with Crippen molar-refractivity contribution in [3.63, 3.8) is 0 Å². The summed E-state index contributed by atoms with van der Waals surface area (Å²) in [6.07, 6.45) is 5.30. The molecule has 0 spiro atoms. The van der Waals surface area contributed by atoms with Gasteiger partial charge in [-0.15, -0.1) is 0 Å². The molecule has 0 radical (unpaired) electrons. The molecule has 1 fully saturated rings. The molecular formula is C13H26N2O.